The van der Waals surface area contributed by atoms with Crippen molar-refractivity contribution < 1.29 is 22.7 Å². The lowest BCUT2D eigenvalue weighted by molar-refractivity contribution is -0.141. The average Bonchev–Trinajstić information content (AvgIpc) is 2.91. The molecule has 2 amide bonds. The Morgan fingerprint density at radius 2 is 1.77 bits per heavy atom. The molecule has 8 nitrogen and oxygen atoms in total. The first-order valence-corrected chi connectivity index (χ1v) is 16.3. The monoisotopic (exact) mass is 611 g/mol. The minimum atomic E-state index is -3.65. The fourth-order valence-corrected chi connectivity index (χ4v) is 6.49. The van der Waals surface area contributed by atoms with Crippen LogP contribution in [0.2, 0.25) is 10.0 Å². The molecule has 0 saturated heterocycles. The number of rotatable bonds is 13. The zero-order valence-corrected chi connectivity index (χ0v) is 25.7. The van der Waals surface area contributed by atoms with Crippen LogP contribution in [-0.4, -0.2) is 57.1 Å². The lowest BCUT2D eigenvalue weighted by atomic mass is 9.95. The third-order valence-corrected chi connectivity index (χ3v) is 9.07. The van der Waals surface area contributed by atoms with Crippen LogP contribution in [0.1, 0.15) is 63.9 Å². The maximum absolute atomic E-state index is 13.7. The number of carbonyl (C=O) groups is 2. The molecule has 0 heterocycles. The van der Waals surface area contributed by atoms with E-state index in [-0.39, 0.29) is 48.8 Å². The predicted molar refractivity (Wildman–Crippen MR) is 161 cm³/mol. The molecule has 0 spiro atoms. The molecule has 1 N–H and O–H groups in total. The molecule has 2 aromatic rings. The summed E-state index contributed by atoms with van der Waals surface area (Å²) in [6.45, 7) is 2.13. The largest absolute Gasteiger partial charge is 0.495 e. The SMILES string of the molecule is CC[C@H](C(=O)NC1CCCCC1)N(Cc1ccccc1Cl)C(=O)CCCN(c1ccc(OC)c(Cl)c1)S(C)(=O)=O. The van der Waals surface area contributed by atoms with Crippen LogP contribution < -0.4 is 14.4 Å². The van der Waals surface area contributed by atoms with Gasteiger partial charge in [-0.3, -0.25) is 13.9 Å². The van der Waals surface area contributed by atoms with Crippen molar-refractivity contribution in [3.63, 3.8) is 0 Å². The highest BCUT2D eigenvalue weighted by atomic mass is 35.5. The highest BCUT2D eigenvalue weighted by Gasteiger charge is 2.31. The van der Waals surface area contributed by atoms with Crippen LogP contribution in [-0.2, 0) is 26.2 Å². The molecule has 220 valence electrons. The Hall–Kier alpha value is -2.49. The van der Waals surface area contributed by atoms with E-state index < -0.39 is 16.1 Å². The van der Waals surface area contributed by atoms with Gasteiger partial charge in [0.2, 0.25) is 21.8 Å². The topological polar surface area (TPSA) is 96.0 Å². The van der Waals surface area contributed by atoms with Crippen molar-refractivity contribution in [2.75, 3.05) is 24.2 Å². The van der Waals surface area contributed by atoms with Gasteiger partial charge < -0.3 is 15.0 Å². The fourth-order valence-electron chi connectivity index (χ4n) is 5.09. The van der Waals surface area contributed by atoms with E-state index >= 15 is 0 Å². The molecule has 1 fully saturated rings. The van der Waals surface area contributed by atoms with Gasteiger partial charge in [0.1, 0.15) is 11.8 Å². The standard InChI is InChI=1S/C29H39Cl2N3O5S/c1-4-26(29(36)32-22-12-6-5-7-13-22)33(20-21-11-8-9-14-24(21)30)28(35)15-10-18-34(40(3,37)38)23-16-17-27(39-2)25(31)19-23/h8-9,11,14,16-17,19,22,26H,4-7,10,12-13,15,18,20H2,1-3H3,(H,32,36)/t26-/m1/s1. The lowest BCUT2D eigenvalue weighted by Crippen LogP contribution is -2.51. The Labute approximate surface area is 248 Å². The summed E-state index contributed by atoms with van der Waals surface area (Å²) in [4.78, 5) is 28.6. The third-order valence-electron chi connectivity index (χ3n) is 7.21. The van der Waals surface area contributed by atoms with E-state index in [9.17, 15) is 18.0 Å². The Morgan fingerprint density at radius 3 is 2.38 bits per heavy atom. The van der Waals surface area contributed by atoms with Gasteiger partial charge in [-0.05, 0) is 55.5 Å². The maximum atomic E-state index is 13.7. The van der Waals surface area contributed by atoms with Gasteiger partial charge in [0.05, 0.1) is 24.1 Å². The molecule has 1 aliphatic carbocycles. The molecule has 0 aliphatic heterocycles. The normalized spacial score (nSPS) is 14.8. The number of sulfonamides is 1. The number of carbonyl (C=O) groups excluding carboxylic acids is 2. The Kier molecular flexibility index (Phi) is 12.0. The van der Waals surface area contributed by atoms with Gasteiger partial charge in [-0.15, -0.1) is 0 Å². The molecule has 1 aliphatic rings. The van der Waals surface area contributed by atoms with Crippen LogP contribution in [0.5, 0.6) is 5.75 Å². The number of anilines is 1. The highest BCUT2D eigenvalue weighted by Crippen LogP contribution is 2.30. The molecule has 0 bridgehead atoms. The first-order chi connectivity index (χ1) is 19.0. The van der Waals surface area contributed by atoms with Gasteiger partial charge in [-0.1, -0.05) is 67.6 Å². The first-order valence-electron chi connectivity index (χ1n) is 13.7. The van der Waals surface area contributed by atoms with E-state index in [1.165, 1.54) is 23.9 Å². The van der Waals surface area contributed by atoms with Crippen molar-refractivity contribution in [3.8, 4) is 5.75 Å². The van der Waals surface area contributed by atoms with Crippen LogP contribution in [0.25, 0.3) is 0 Å². The Balaban J connectivity index is 1.77. The quantitative estimate of drug-likeness (QED) is 0.308. The molecule has 0 aromatic heterocycles. The van der Waals surface area contributed by atoms with Crippen molar-refractivity contribution in [1.82, 2.24) is 10.2 Å². The van der Waals surface area contributed by atoms with Crippen molar-refractivity contribution in [3.05, 3.63) is 58.1 Å². The number of benzene rings is 2. The van der Waals surface area contributed by atoms with Crippen molar-refractivity contribution in [2.45, 2.75) is 76.9 Å². The molecular weight excluding hydrogens is 573 g/mol. The smallest absolute Gasteiger partial charge is 0.243 e. The summed E-state index contributed by atoms with van der Waals surface area (Å²) in [7, 11) is -2.17. The molecule has 2 aromatic carbocycles. The molecule has 11 heteroatoms. The zero-order valence-electron chi connectivity index (χ0n) is 23.4. The summed E-state index contributed by atoms with van der Waals surface area (Å²) in [5, 5.41) is 3.96. The maximum Gasteiger partial charge on any atom is 0.243 e. The van der Waals surface area contributed by atoms with E-state index in [4.69, 9.17) is 27.9 Å². The number of nitrogens with zero attached hydrogens (tertiary/aromatic N) is 2. The summed E-state index contributed by atoms with van der Waals surface area (Å²) >= 11 is 12.7. The van der Waals surface area contributed by atoms with E-state index in [1.807, 2.05) is 25.1 Å². The molecule has 0 radical (unpaired) electrons. The van der Waals surface area contributed by atoms with Crippen molar-refractivity contribution in [2.24, 2.45) is 0 Å². The second kappa shape index (κ2) is 14.9. The number of hydrogen-bond acceptors (Lipinski definition) is 5. The van der Waals surface area contributed by atoms with E-state index in [1.54, 1.807) is 23.1 Å². The molecule has 0 unspecified atom stereocenters. The predicted octanol–water partition coefficient (Wildman–Crippen LogP) is 5.80. The molecule has 1 atom stereocenters. The number of methoxy groups -OCH3 is 1. The summed E-state index contributed by atoms with van der Waals surface area (Å²) < 4.78 is 31.6. The van der Waals surface area contributed by atoms with Gasteiger partial charge >= 0.3 is 0 Å². The molecule has 3 rings (SSSR count). The van der Waals surface area contributed by atoms with Gasteiger partial charge in [0.25, 0.3) is 0 Å². The van der Waals surface area contributed by atoms with Crippen LogP contribution in [0.15, 0.2) is 42.5 Å². The Bertz CT molecular complexity index is 1270. The number of halogens is 2. The minimum Gasteiger partial charge on any atom is -0.495 e. The molecule has 40 heavy (non-hydrogen) atoms. The molecule has 1 saturated carbocycles. The van der Waals surface area contributed by atoms with Gasteiger partial charge in [0.15, 0.2) is 0 Å². The summed E-state index contributed by atoms with van der Waals surface area (Å²) in [5.74, 6) is 0.0218. The summed E-state index contributed by atoms with van der Waals surface area (Å²) in [5.41, 5.74) is 1.12. The lowest BCUT2D eigenvalue weighted by Gasteiger charge is -2.33. The first kappa shape index (κ1) is 32.0. The fraction of sp³-hybridized carbons (Fsp3) is 0.517. The van der Waals surface area contributed by atoms with Gasteiger partial charge in [0, 0.05) is 30.6 Å². The summed E-state index contributed by atoms with van der Waals surface area (Å²) in [6, 6.07) is 11.4. The van der Waals surface area contributed by atoms with Crippen molar-refractivity contribution in [1.29, 1.82) is 0 Å². The Morgan fingerprint density at radius 1 is 1.07 bits per heavy atom. The molecular formula is C29H39Cl2N3O5S. The zero-order chi connectivity index (χ0) is 29.3. The third kappa shape index (κ3) is 8.75. The highest BCUT2D eigenvalue weighted by molar-refractivity contribution is 7.92. The second-order valence-electron chi connectivity index (χ2n) is 10.1. The van der Waals surface area contributed by atoms with E-state index in [0.29, 0.717) is 22.9 Å². The number of amides is 2. The van der Waals surface area contributed by atoms with Crippen LogP contribution in [0.3, 0.4) is 0 Å². The van der Waals surface area contributed by atoms with Crippen molar-refractivity contribution >= 4 is 50.7 Å². The summed E-state index contributed by atoms with van der Waals surface area (Å²) in [6.07, 6.45) is 7.07. The number of hydrogen-bond donors (Lipinski definition) is 1. The van der Waals surface area contributed by atoms with Crippen LogP contribution in [0, 0.1) is 0 Å². The van der Waals surface area contributed by atoms with Gasteiger partial charge in [-0.25, -0.2) is 8.42 Å². The number of ether oxygens (including phenoxy) is 1. The average molecular weight is 613 g/mol. The van der Waals surface area contributed by atoms with Crippen LogP contribution >= 0.6 is 23.2 Å². The van der Waals surface area contributed by atoms with E-state index in [2.05, 4.69) is 5.32 Å². The second-order valence-corrected chi connectivity index (χ2v) is 12.9. The van der Waals surface area contributed by atoms with Crippen LogP contribution in [0.4, 0.5) is 5.69 Å². The minimum absolute atomic E-state index is 0.0492. The van der Waals surface area contributed by atoms with E-state index in [0.717, 1.165) is 37.5 Å². The van der Waals surface area contributed by atoms with Gasteiger partial charge in [-0.2, -0.15) is 0 Å². The number of nitrogens with one attached hydrogen (secondary N) is 1.